The summed E-state index contributed by atoms with van der Waals surface area (Å²) < 4.78 is 41.5. The highest BCUT2D eigenvalue weighted by Crippen LogP contribution is 2.26. The lowest BCUT2D eigenvalue weighted by Crippen LogP contribution is -2.38. The maximum absolute atomic E-state index is 14.4. The molecule has 0 saturated heterocycles. The van der Waals surface area contributed by atoms with E-state index in [-0.39, 0.29) is 10.6 Å². The summed E-state index contributed by atoms with van der Waals surface area (Å²) in [5.41, 5.74) is 2.28. The predicted octanol–water partition coefficient (Wildman–Crippen LogP) is 4.28. The van der Waals surface area contributed by atoms with Gasteiger partial charge in [0.05, 0.1) is 10.6 Å². The molecule has 1 N–H and O–H groups in total. The third-order valence-corrected chi connectivity index (χ3v) is 6.17. The molecule has 0 unspecified atom stereocenters. The summed E-state index contributed by atoms with van der Waals surface area (Å²) in [6, 6.07) is 18.6. The summed E-state index contributed by atoms with van der Waals surface area (Å²) in [6.45, 7) is 3.22. The molecule has 1 amide bonds. The minimum absolute atomic E-state index is 0.0254. The van der Waals surface area contributed by atoms with Crippen molar-refractivity contribution in [3.63, 3.8) is 0 Å². The number of halogens is 1. The summed E-state index contributed by atoms with van der Waals surface area (Å²) in [5, 5.41) is 2.71. The molecule has 0 spiro atoms. The first-order valence-electron chi connectivity index (χ1n) is 8.98. The first kappa shape index (κ1) is 20.5. The Morgan fingerprint density at radius 3 is 2.28 bits per heavy atom. The fourth-order valence-electron chi connectivity index (χ4n) is 2.95. The van der Waals surface area contributed by atoms with Gasteiger partial charge >= 0.3 is 0 Å². The summed E-state index contributed by atoms with van der Waals surface area (Å²) >= 11 is 0. The van der Waals surface area contributed by atoms with Gasteiger partial charge in [0.2, 0.25) is 5.91 Å². The van der Waals surface area contributed by atoms with E-state index in [0.717, 1.165) is 21.5 Å². The molecule has 0 aliphatic heterocycles. The van der Waals surface area contributed by atoms with Crippen LogP contribution in [0.15, 0.2) is 77.7 Å². The van der Waals surface area contributed by atoms with E-state index < -0.39 is 28.3 Å². The Morgan fingerprint density at radius 2 is 1.62 bits per heavy atom. The number of rotatable bonds is 6. The summed E-state index contributed by atoms with van der Waals surface area (Å²) in [5.74, 6) is -1.30. The number of para-hydroxylation sites is 1. The lowest BCUT2D eigenvalue weighted by molar-refractivity contribution is -0.114. The fraction of sp³-hybridized carbons (Fsp3) is 0.136. The molecule has 0 aromatic heterocycles. The van der Waals surface area contributed by atoms with Crippen LogP contribution in [-0.4, -0.2) is 20.9 Å². The number of aryl methyl sites for hydroxylation is 2. The quantitative estimate of drug-likeness (QED) is 0.657. The van der Waals surface area contributed by atoms with Crippen molar-refractivity contribution in [1.82, 2.24) is 0 Å². The van der Waals surface area contributed by atoms with E-state index in [1.54, 1.807) is 24.3 Å². The second kappa shape index (κ2) is 8.45. The molecule has 0 saturated carbocycles. The van der Waals surface area contributed by atoms with Gasteiger partial charge in [-0.3, -0.25) is 9.10 Å². The highest BCUT2D eigenvalue weighted by atomic mass is 32.2. The maximum Gasteiger partial charge on any atom is 0.264 e. The number of carbonyl (C=O) groups excluding carboxylic acids is 1. The molecule has 0 heterocycles. The summed E-state index contributed by atoms with van der Waals surface area (Å²) in [6.07, 6.45) is 0. The van der Waals surface area contributed by atoms with Gasteiger partial charge in [0, 0.05) is 5.69 Å². The number of nitrogens with zero attached hydrogens (tertiary/aromatic N) is 1. The van der Waals surface area contributed by atoms with Gasteiger partial charge in [-0.05, 0) is 49.7 Å². The zero-order valence-electron chi connectivity index (χ0n) is 16.1. The van der Waals surface area contributed by atoms with E-state index in [9.17, 15) is 17.6 Å². The van der Waals surface area contributed by atoms with E-state index in [2.05, 4.69) is 5.32 Å². The van der Waals surface area contributed by atoms with Crippen LogP contribution in [0.3, 0.4) is 0 Å². The second-order valence-corrected chi connectivity index (χ2v) is 8.51. The third kappa shape index (κ3) is 4.63. The van der Waals surface area contributed by atoms with E-state index in [0.29, 0.717) is 5.69 Å². The summed E-state index contributed by atoms with van der Waals surface area (Å²) in [7, 11) is -4.15. The van der Waals surface area contributed by atoms with Crippen molar-refractivity contribution < 1.29 is 17.6 Å². The van der Waals surface area contributed by atoms with Crippen LogP contribution in [0.1, 0.15) is 11.1 Å². The average Bonchev–Trinajstić information content (AvgIpc) is 2.69. The maximum atomic E-state index is 14.4. The smallest absolute Gasteiger partial charge is 0.264 e. The molecule has 0 aliphatic rings. The molecule has 0 fully saturated rings. The van der Waals surface area contributed by atoms with E-state index in [1.165, 1.54) is 30.3 Å². The van der Waals surface area contributed by atoms with Crippen LogP contribution in [-0.2, 0) is 14.8 Å². The van der Waals surface area contributed by atoms with Gasteiger partial charge in [0.15, 0.2) is 0 Å². The van der Waals surface area contributed by atoms with Crippen LogP contribution in [0.2, 0.25) is 0 Å². The monoisotopic (exact) mass is 412 g/mol. The lowest BCUT2D eigenvalue weighted by Gasteiger charge is -2.24. The van der Waals surface area contributed by atoms with Gasteiger partial charge in [-0.25, -0.2) is 12.8 Å². The Kier molecular flexibility index (Phi) is 5.98. The number of benzene rings is 3. The van der Waals surface area contributed by atoms with Crippen molar-refractivity contribution in [2.24, 2.45) is 0 Å². The Balaban J connectivity index is 1.96. The van der Waals surface area contributed by atoms with Gasteiger partial charge in [-0.2, -0.15) is 0 Å². The molecule has 3 rings (SSSR count). The number of hydrogen-bond acceptors (Lipinski definition) is 3. The van der Waals surface area contributed by atoms with Crippen molar-refractivity contribution in [2.75, 3.05) is 16.2 Å². The first-order valence-corrected chi connectivity index (χ1v) is 10.4. The van der Waals surface area contributed by atoms with Gasteiger partial charge in [0.1, 0.15) is 12.4 Å². The highest BCUT2D eigenvalue weighted by Gasteiger charge is 2.29. The molecule has 0 atom stereocenters. The van der Waals surface area contributed by atoms with Gasteiger partial charge < -0.3 is 5.32 Å². The number of sulfonamides is 1. The van der Waals surface area contributed by atoms with Crippen LogP contribution in [0.4, 0.5) is 15.8 Å². The van der Waals surface area contributed by atoms with Gasteiger partial charge in [-0.1, -0.05) is 48.0 Å². The van der Waals surface area contributed by atoms with Crippen LogP contribution in [0.25, 0.3) is 0 Å². The molecule has 150 valence electrons. The number of hydrogen-bond donors (Lipinski definition) is 1. The molecule has 29 heavy (non-hydrogen) atoms. The van der Waals surface area contributed by atoms with Crippen LogP contribution in [0, 0.1) is 19.7 Å². The molecule has 0 radical (unpaired) electrons. The van der Waals surface area contributed by atoms with Crippen LogP contribution >= 0.6 is 0 Å². The molecule has 0 aliphatic carbocycles. The minimum atomic E-state index is -4.15. The number of carbonyl (C=O) groups is 1. The topological polar surface area (TPSA) is 66.5 Å². The third-order valence-electron chi connectivity index (χ3n) is 4.40. The zero-order valence-corrected chi connectivity index (χ0v) is 16.9. The van der Waals surface area contributed by atoms with E-state index >= 15 is 0 Å². The Bertz CT molecular complexity index is 1130. The average molecular weight is 412 g/mol. The Labute approximate surface area is 169 Å². The SMILES string of the molecule is Cc1ccc(NC(=O)CN(c2ccccc2F)S(=O)(=O)c2ccccc2)c(C)c1. The second-order valence-electron chi connectivity index (χ2n) is 6.64. The number of amides is 1. The molecule has 0 bridgehead atoms. The van der Waals surface area contributed by atoms with Gasteiger partial charge in [-0.15, -0.1) is 0 Å². The van der Waals surface area contributed by atoms with E-state index in [1.807, 2.05) is 26.0 Å². The Morgan fingerprint density at radius 1 is 0.966 bits per heavy atom. The summed E-state index contributed by atoms with van der Waals surface area (Å²) in [4.78, 5) is 12.7. The number of anilines is 2. The lowest BCUT2D eigenvalue weighted by atomic mass is 10.1. The van der Waals surface area contributed by atoms with Gasteiger partial charge in [0.25, 0.3) is 10.0 Å². The van der Waals surface area contributed by atoms with E-state index in [4.69, 9.17) is 0 Å². The Hall–Kier alpha value is -3.19. The highest BCUT2D eigenvalue weighted by molar-refractivity contribution is 7.92. The molecule has 3 aromatic rings. The molecule has 7 heteroatoms. The molecule has 5 nitrogen and oxygen atoms in total. The van der Waals surface area contributed by atoms with Crippen molar-refractivity contribution in [3.05, 3.63) is 89.7 Å². The number of nitrogens with one attached hydrogen (secondary N) is 1. The predicted molar refractivity (Wildman–Crippen MR) is 112 cm³/mol. The largest absolute Gasteiger partial charge is 0.324 e. The van der Waals surface area contributed by atoms with Crippen LogP contribution in [0.5, 0.6) is 0 Å². The first-order chi connectivity index (χ1) is 13.8. The molecular formula is C22H21FN2O3S. The zero-order chi connectivity index (χ0) is 21.0. The molecule has 3 aromatic carbocycles. The van der Waals surface area contributed by atoms with Crippen molar-refractivity contribution in [3.8, 4) is 0 Å². The van der Waals surface area contributed by atoms with Crippen molar-refractivity contribution >= 4 is 27.3 Å². The fourth-order valence-corrected chi connectivity index (χ4v) is 4.40. The van der Waals surface area contributed by atoms with Crippen molar-refractivity contribution in [1.29, 1.82) is 0 Å². The minimum Gasteiger partial charge on any atom is -0.324 e. The standard InChI is InChI=1S/C22H21FN2O3S/c1-16-12-13-20(17(2)14-16)24-22(26)15-25(21-11-7-6-10-19(21)23)29(27,28)18-8-4-3-5-9-18/h3-14H,15H2,1-2H3,(H,24,26). The normalized spacial score (nSPS) is 11.1. The van der Waals surface area contributed by atoms with Crippen LogP contribution < -0.4 is 9.62 Å². The van der Waals surface area contributed by atoms with Crippen molar-refractivity contribution in [2.45, 2.75) is 18.7 Å². The molecular weight excluding hydrogens is 391 g/mol.